The molecule has 2 N–H and O–H groups in total. The number of benzene rings is 1. The van der Waals surface area contributed by atoms with Crippen LogP contribution >= 0.6 is 0 Å². The molecule has 2 aromatic heterocycles. The average Bonchev–Trinajstić information content (AvgIpc) is 3.24. The Bertz CT molecular complexity index is 1110. The first-order chi connectivity index (χ1) is 16.0. The number of nitrogens with zero attached hydrogens (tertiary/aromatic N) is 6. The topological polar surface area (TPSA) is 85.3 Å². The second-order valence-electron chi connectivity index (χ2n) is 8.76. The van der Waals surface area contributed by atoms with Crippen molar-refractivity contribution in [1.29, 1.82) is 0 Å². The van der Waals surface area contributed by atoms with Gasteiger partial charge in [-0.25, -0.2) is 13.8 Å². The third kappa shape index (κ3) is 4.37. The number of para-hydroxylation sites is 2. The molecule has 176 valence electrons. The van der Waals surface area contributed by atoms with Crippen LogP contribution in [0.15, 0.2) is 30.3 Å². The molecule has 2 fully saturated rings. The van der Waals surface area contributed by atoms with E-state index >= 15 is 0 Å². The monoisotopic (exact) mass is 457 g/mol. The Hall–Kier alpha value is -2.85. The summed E-state index contributed by atoms with van der Waals surface area (Å²) in [6.45, 7) is 2.46. The maximum atomic E-state index is 14.0. The molecule has 10 heteroatoms. The lowest BCUT2D eigenvalue weighted by molar-refractivity contribution is 0.122. The maximum absolute atomic E-state index is 14.0. The molecule has 0 spiro atoms. The van der Waals surface area contributed by atoms with Crippen LogP contribution in [0.1, 0.15) is 37.9 Å². The Morgan fingerprint density at radius 1 is 1.06 bits per heavy atom. The summed E-state index contributed by atoms with van der Waals surface area (Å²) in [4.78, 5) is 18.0. The van der Waals surface area contributed by atoms with Crippen LogP contribution in [0.2, 0.25) is 0 Å². The number of halogens is 2. The highest BCUT2D eigenvalue weighted by Gasteiger charge is 2.27. The molecule has 1 aliphatic carbocycles. The number of alkyl halides is 2. The summed E-state index contributed by atoms with van der Waals surface area (Å²) in [7, 11) is 2.01. The molecule has 0 radical (unpaired) electrons. The van der Waals surface area contributed by atoms with E-state index in [-0.39, 0.29) is 11.9 Å². The van der Waals surface area contributed by atoms with Gasteiger partial charge >= 0.3 is 0 Å². The van der Waals surface area contributed by atoms with E-state index in [0.29, 0.717) is 61.0 Å². The van der Waals surface area contributed by atoms with Crippen LogP contribution in [0.4, 0.5) is 20.5 Å². The smallest absolute Gasteiger partial charge is 0.296 e. The van der Waals surface area contributed by atoms with Crippen LogP contribution in [-0.4, -0.2) is 65.0 Å². The fourth-order valence-electron chi connectivity index (χ4n) is 4.72. The van der Waals surface area contributed by atoms with Gasteiger partial charge in [-0.3, -0.25) is 4.57 Å². The SMILES string of the molecule is CN(c1cc(-n2c(C(F)F)nc3ccccc32)nc(N2CCOCC2)n1)C1CCC(N)CC1. The number of anilines is 2. The minimum Gasteiger partial charge on any atom is -0.378 e. The second-order valence-corrected chi connectivity index (χ2v) is 8.76. The van der Waals surface area contributed by atoms with Crippen LogP contribution in [0.5, 0.6) is 0 Å². The largest absolute Gasteiger partial charge is 0.378 e. The first-order valence-corrected chi connectivity index (χ1v) is 11.5. The van der Waals surface area contributed by atoms with Crippen molar-refractivity contribution >= 4 is 22.8 Å². The molecule has 5 rings (SSSR count). The summed E-state index contributed by atoms with van der Waals surface area (Å²) in [6.07, 6.45) is 1.14. The fraction of sp³-hybridized carbons (Fsp3) is 0.522. The Morgan fingerprint density at radius 3 is 2.52 bits per heavy atom. The third-order valence-corrected chi connectivity index (χ3v) is 6.64. The molecule has 1 aliphatic heterocycles. The molecule has 0 unspecified atom stereocenters. The molecule has 0 amide bonds. The molecule has 0 atom stereocenters. The van der Waals surface area contributed by atoms with E-state index in [1.807, 2.05) is 18.0 Å². The zero-order valence-electron chi connectivity index (χ0n) is 18.7. The Kier molecular flexibility index (Phi) is 6.11. The number of fused-ring (bicyclic) bond motifs is 1. The number of nitrogens with two attached hydrogens (primary N) is 1. The van der Waals surface area contributed by atoms with Crippen LogP contribution in [0.25, 0.3) is 16.9 Å². The molecule has 2 aliphatic rings. The summed E-state index contributed by atoms with van der Waals surface area (Å²) in [5.41, 5.74) is 7.20. The number of ether oxygens (including phenoxy) is 1. The van der Waals surface area contributed by atoms with Crippen LogP contribution < -0.4 is 15.5 Å². The van der Waals surface area contributed by atoms with Crippen molar-refractivity contribution < 1.29 is 13.5 Å². The normalized spacial score (nSPS) is 21.7. The predicted octanol–water partition coefficient (Wildman–Crippen LogP) is 3.30. The number of aromatic nitrogens is 4. The fourth-order valence-corrected chi connectivity index (χ4v) is 4.72. The van der Waals surface area contributed by atoms with Crippen molar-refractivity contribution in [2.24, 2.45) is 5.73 Å². The Labute approximate surface area is 191 Å². The molecular formula is C23H29F2N7O. The van der Waals surface area contributed by atoms with Crippen LogP contribution in [-0.2, 0) is 4.74 Å². The molecular weight excluding hydrogens is 428 g/mol. The molecule has 0 bridgehead atoms. The van der Waals surface area contributed by atoms with Gasteiger partial charge in [0.15, 0.2) is 5.82 Å². The van der Waals surface area contributed by atoms with Crippen molar-refractivity contribution in [3.8, 4) is 5.82 Å². The van der Waals surface area contributed by atoms with Gasteiger partial charge in [0.1, 0.15) is 11.6 Å². The van der Waals surface area contributed by atoms with Crippen LogP contribution in [0, 0.1) is 0 Å². The van der Waals surface area contributed by atoms with E-state index in [4.69, 9.17) is 20.4 Å². The summed E-state index contributed by atoms with van der Waals surface area (Å²) in [5.74, 6) is 1.30. The van der Waals surface area contributed by atoms with Gasteiger partial charge in [-0.1, -0.05) is 12.1 Å². The molecule has 3 heterocycles. The predicted molar refractivity (Wildman–Crippen MR) is 123 cm³/mol. The zero-order chi connectivity index (χ0) is 22.9. The third-order valence-electron chi connectivity index (χ3n) is 6.64. The lowest BCUT2D eigenvalue weighted by atomic mass is 9.91. The minimum atomic E-state index is -2.74. The number of hydrogen-bond acceptors (Lipinski definition) is 7. The first-order valence-electron chi connectivity index (χ1n) is 11.5. The lowest BCUT2D eigenvalue weighted by Crippen LogP contribution is -2.40. The summed E-state index contributed by atoms with van der Waals surface area (Å²) >= 11 is 0. The number of imidazole rings is 1. The molecule has 3 aromatic rings. The standard InChI is InChI=1S/C23H29F2N7O/c1-30(16-8-6-15(26)7-9-16)19-14-20(29-23(28-19)31-10-12-33-13-11-31)32-18-5-3-2-4-17(18)27-22(32)21(24)25/h2-5,14-16,21H,6-13,26H2,1H3. The van der Waals surface area contributed by atoms with E-state index in [1.165, 1.54) is 4.57 Å². The minimum absolute atomic E-state index is 0.241. The Balaban J connectivity index is 1.62. The summed E-state index contributed by atoms with van der Waals surface area (Å²) < 4.78 is 35.0. The highest BCUT2D eigenvalue weighted by atomic mass is 19.3. The second kappa shape index (κ2) is 9.18. The first kappa shape index (κ1) is 22.0. The summed E-state index contributed by atoms with van der Waals surface area (Å²) in [5, 5.41) is 0. The van der Waals surface area contributed by atoms with Gasteiger partial charge < -0.3 is 20.3 Å². The maximum Gasteiger partial charge on any atom is 0.296 e. The van der Waals surface area contributed by atoms with Gasteiger partial charge in [0.2, 0.25) is 5.95 Å². The van der Waals surface area contributed by atoms with Gasteiger partial charge in [0.05, 0.1) is 24.2 Å². The van der Waals surface area contributed by atoms with Crippen molar-refractivity contribution in [1.82, 2.24) is 19.5 Å². The van der Waals surface area contributed by atoms with Gasteiger partial charge in [0, 0.05) is 38.3 Å². The quantitative estimate of drug-likeness (QED) is 0.629. The van der Waals surface area contributed by atoms with E-state index < -0.39 is 6.43 Å². The molecule has 8 nitrogen and oxygen atoms in total. The zero-order valence-corrected chi connectivity index (χ0v) is 18.7. The lowest BCUT2D eigenvalue weighted by Gasteiger charge is -2.35. The number of hydrogen-bond donors (Lipinski definition) is 1. The van der Waals surface area contributed by atoms with Gasteiger partial charge in [0.25, 0.3) is 6.43 Å². The van der Waals surface area contributed by atoms with E-state index in [2.05, 4.69) is 9.88 Å². The van der Waals surface area contributed by atoms with E-state index in [9.17, 15) is 8.78 Å². The van der Waals surface area contributed by atoms with Gasteiger partial charge in [-0.2, -0.15) is 9.97 Å². The van der Waals surface area contributed by atoms with Crippen molar-refractivity contribution in [2.45, 2.75) is 44.2 Å². The van der Waals surface area contributed by atoms with Crippen molar-refractivity contribution in [2.75, 3.05) is 43.2 Å². The van der Waals surface area contributed by atoms with E-state index in [0.717, 1.165) is 25.7 Å². The van der Waals surface area contributed by atoms with E-state index in [1.54, 1.807) is 24.3 Å². The van der Waals surface area contributed by atoms with Crippen molar-refractivity contribution in [3.05, 3.63) is 36.2 Å². The van der Waals surface area contributed by atoms with Gasteiger partial charge in [-0.15, -0.1) is 0 Å². The molecule has 33 heavy (non-hydrogen) atoms. The highest BCUT2D eigenvalue weighted by Crippen LogP contribution is 2.31. The average molecular weight is 458 g/mol. The highest BCUT2D eigenvalue weighted by molar-refractivity contribution is 5.78. The molecule has 1 aromatic carbocycles. The number of rotatable bonds is 5. The molecule has 1 saturated heterocycles. The Morgan fingerprint density at radius 2 is 1.79 bits per heavy atom. The van der Waals surface area contributed by atoms with Crippen LogP contribution in [0.3, 0.4) is 0 Å². The van der Waals surface area contributed by atoms with Crippen molar-refractivity contribution in [3.63, 3.8) is 0 Å². The van der Waals surface area contributed by atoms with Gasteiger partial charge in [-0.05, 0) is 37.8 Å². The number of morpholine rings is 1. The summed E-state index contributed by atoms with van der Waals surface area (Å²) in [6, 6.07) is 9.46. The molecule has 1 saturated carbocycles.